The second-order valence-corrected chi connectivity index (χ2v) is 7.01. The SMILES string of the molecule is O=C(O)C1(c2cc(Cl)nc(C3CC3)c2)CC2(CC2)C1. The molecule has 3 aliphatic carbocycles. The van der Waals surface area contributed by atoms with E-state index in [1.165, 1.54) is 12.8 Å². The molecule has 0 aliphatic heterocycles. The summed E-state index contributed by atoms with van der Waals surface area (Å²) in [6.07, 6.45) is 6.24. The summed E-state index contributed by atoms with van der Waals surface area (Å²) in [5.74, 6) is -0.202. The van der Waals surface area contributed by atoms with Crippen molar-refractivity contribution in [1.82, 2.24) is 4.98 Å². The molecule has 1 aromatic heterocycles. The van der Waals surface area contributed by atoms with Crippen molar-refractivity contribution in [3.8, 4) is 0 Å². The Bertz CT molecular complexity index is 568. The Labute approximate surface area is 117 Å². The minimum Gasteiger partial charge on any atom is -0.481 e. The number of aromatic nitrogens is 1. The summed E-state index contributed by atoms with van der Waals surface area (Å²) < 4.78 is 0. The number of hydrogen-bond donors (Lipinski definition) is 1. The summed E-state index contributed by atoms with van der Waals surface area (Å²) in [5, 5.41) is 10.1. The van der Waals surface area contributed by atoms with Gasteiger partial charge in [0.15, 0.2) is 0 Å². The van der Waals surface area contributed by atoms with Gasteiger partial charge in [-0.2, -0.15) is 0 Å². The van der Waals surface area contributed by atoms with Crippen molar-refractivity contribution in [1.29, 1.82) is 0 Å². The Balaban J connectivity index is 1.75. The van der Waals surface area contributed by atoms with Gasteiger partial charge in [0.1, 0.15) is 5.15 Å². The first-order valence-electron chi connectivity index (χ1n) is 6.95. The molecule has 4 rings (SSSR count). The average Bonchev–Trinajstić information content (AvgIpc) is 3.18. The Morgan fingerprint density at radius 1 is 1.32 bits per heavy atom. The van der Waals surface area contributed by atoms with Gasteiger partial charge in [-0.05, 0) is 61.6 Å². The van der Waals surface area contributed by atoms with Gasteiger partial charge in [0.2, 0.25) is 0 Å². The molecule has 19 heavy (non-hydrogen) atoms. The molecule has 100 valence electrons. The fourth-order valence-corrected chi connectivity index (χ4v) is 3.83. The zero-order valence-electron chi connectivity index (χ0n) is 10.7. The molecular formula is C15H16ClNO2. The quantitative estimate of drug-likeness (QED) is 0.860. The van der Waals surface area contributed by atoms with Crippen molar-refractivity contribution in [3.63, 3.8) is 0 Å². The van der Waals surface area contributed by atoms with Gasteiger partial charge in [-0.3, -0.25) is 4.79 Å². The number of rotatable bonds is 3. The number of aliphatic carboxylic acids is 1. The Kier molecular flexibility index (Phi) is 2.17. The molecule has 1 heterocycles. The Hall–Kier alpha value is -1.09. The molecule has 3 nitrogen and oxygen atoms in total. The molecule has 3 fully saturated rings. The number of hydrogen-bond acceptors (Lipinski definition) is 2. The number of pyridine rings is 1. The van der Waals surface area contributed by atoms with Crippen LogP contribution in [0.3, 0.4) is 0 Å². The summed E-state index contributed by atoms with van der Waals surface area (Å²) in [7, 11) is 0. The van der Waals surface area contributed by atoms with Crippen LogP contribution in [0.25, 0.3) is 0 Å². The highest BCUT2D eigenvalue weighted by atomic mass is 35.5. The molecule has 0 atom stereocenters. The predicted molar refractivity (Wildman–Crippen MR) is 71.4 cm³/mol. The fourth-order valence-electron chi connectivity index (χ4n) is 3.62. The van der Waals surface area contributed by atoms with Crippen LogP contribution in [0.5, 0.6) is 0 Å². The van der Waals surface area contributed by atoms with Crippen molar-refractivity contribution in [2.45, 2.75) is 49.9 Å². The molecule has 0 aromatic carbocycles. The van der Waals surface area contributed by atoms with E-state index >= 15 is 0 Å². The maximum absolute atomic E-state index is 11.8. The summed E-state index contributed by atoms with van der Waals surface area (Å²) in [6, 6.07) is 3.75. The largest absolute Gasteiger partial charge is 0.481 e. The lowest BCUT2D eigenvalue weighted by Crippen LogP contribution is -2.49. The van der Waals surface area contributed by atoms with Gasteiger partial charge < -0.3 is 5.11 Å². The van der Waals surface area contributed by atoms with Crippen LogP contribution in [0.15, 0.2) is 12.1 Å². The van der Waals surface area contributed by atoms with Crippen molar-refractivity contribution >= 4 is 17.6 Å². The molecule has 3 saturated carbocycles. The van der Waals surface area contributed by atoms with Crippen molar-refractivity contribution in [3.05, 3.63) is 28.5 Å². The maximum Gasteiger partial charge on any atom is 0.314 e. The highest BCUT2D eigenvalue weighted by Gasteiger charge is 2.65. The van der Waals surface area contributed by atoms with Gasteiger partial charge >= 0.3 is 5.97 Å². The average molecular weight is 278 g/mol. The molecule has 0 saturated heterocycles. The van der Waals surface area contributed by atoms with Crippen LogP contribution in [-0.4, -0.2) is 16.1 Å². The molecule has 0 bridgehead atoms. The van der Waals surface area contributed by atoms with Gasteiger partial charge in [-0.25, -0.2) is 4.98 Å². The van der Waals surface area contributed by atoms with Gasteiger partial charge in [0, 0.05) is 11.6 Å². The van der Waals surface area contributed by atoms with E-state index in [2.05, 4.69) is 4.98 Å². The van der Waals surface area contributed by atoms with Gasteiger partial charge in [-0.1, -0.05) is 11.6 Å². The van der Waals surface area contributed by atoms with E-state index < -0.39 is 11.4 Å². The lowest BCUT2D eigenvalue weighted by Gasteiger charge is -2.45. The van der Waals surface area contributed by atoms with E-state index in [9.17, 15) is 9.90 Å². The van der Waals surface area contributed by atoms with Gasteiger partial charge in [0.25, 0.3) is 0 Å². The van der Waals surface area contributed by atoms with Crippen molar-refractivity contribution in [2.75, 3.05) is 0 Å². The molecule has 0 unspecified atom stereocenters. The first-order valence-corrected chi connectivity index (χ1v) is 7.32. The smallest absolute Gasteiger partial charge is 0.314 e. The monoisotopic (exact) mass is 277 g/mol. The highest BCUT2D eigenvalue weighted by Crippen LogP contribution is 2.69. The predicted octanol–water partition coefficient (Wildman–Crippen LogP) is 3.51. The third-order valence-corrected chi connectivity index (χ3v) is 5.28. The lowest BCUT2D eigenvalue weighted by molar-refractivity contribution is -0.150. The van der Waals surface area contributed by atoms with E-state index in [0.29, 0.717) is 16.5 Å². The second-order valence-electron chi connectivity index (χ2n) is 6.62. The van der Waals surface area contributed by atoms with Crippen LogP contribution < -0.4 is 0 Å². The topological polar surface area (TPSA) is 50.2 Å². The highest BCUT2D eigenvalue weighted by molar-refractivity contribution is 6.29. The van der Waals surface area contributed by atoms with Crippen LogP contribution in [0.4, 0.5) is 0 Å². The molecule has 3 aliphatic rings. The molecule has 0 radical (unpaired) electrons. The third kappa shape index (κ3) is 1.71. The van der Waals surface area contributed by atoms with E-state index in [0.717, 1.165) is 36.9 Å². The first kappa shape index (κ1) is 11.7. The number of nitrogens with zero attached hydrogens (tertiary/aromatic N) is 1. The van der Waals surface area contributed by atoms with Crippen LogP contribution in [0, 0.1) is 5.41 Å². The number of halogens is 1. The molecular weight excluding hydrogens is 262 g/mol. The van der Waals surface area contributed by atoms with Crippen LogP contribution in [0.2, 0.25) is 5.15 Å². The molecule has 1 aromatic rings. The number of carboxylic acid groups (broad SMARTS) is 1. The van der Waals surface area contributed by atoms with Crippen molar-refractivity contribution in [2.24, 2.45) is 5.41 Å². The lowest BCUT2D eigenvalue weighted by atomic mass is 9.56. The minimum absolute atomic E-state index is 0.341. The van der Waals surface area contributed by atoms with Crippen LogP contribution in [0.1, 0.15) is 55.7 Å². The number of carboxylic acids is 1. The number of carbonyl (C=O) groups is 1. The summed E-state index contributed by atoms with van der Waals surface area (Å²) in [4.78, 5) is 16.1. The standard InChI is InChI=1S/C15H16ClNO2/c16-12-6-10(5-11(17-12)9-1-2-9)15(13(18)19)7-14(8-15)3-4-14/h5-6,9H,1-4,7-8H2,(H,18,19). The molecule has 1 N–H and O–H groups in total. The Morgan fingerprint density at radius 2 is 2.00 bits per heavy atom. The van der Waals surface area contributed by atoms with Crippen LogP contribution in [-0.2, 0) is 10.2 Å². The third-order valence-electron chi connectivity index (χ3n) is 5.08. The van der Waals surface area contributed by atoms with E-state index in [1.807, 2.05) is 6.07 Å². The molecule has 0 amide bonds. The Morgan fingerprint density at radius 3 is 2.53 bits per heavy atom. The zero-order chi connectivity index (χ0) is 13.3. The minimum atomic E-state index is -0.702. The second kappa shape index (κ2) is 3.51. The van der Waals surface area contributed by atoms with Crippen LogP contribution >= 0.6 is 11.6 Å². The maximum atomic E-state index is 11.8. The normalized spacial score (nSPS) is 25.9. The summed E-state index contributed by atoms with van der Waals surface area (Å²) >= 11 is 6.10. The van der Waals surface area contributed by atoms with E-state index in [4.69, 9.17) is 11.6 Å². The molecule has 1 spiro atoms. The summed E-state index contributed by atoms with van der Waals surface area (Å²) in [6.45, 7) is 0. The van der Waals surface area contributed by atoms with Gasteiger partial charge in [-0.15, -0.1) is 0 Å². The zero-order valence-corrected chi connectivity index (χ0v) is 11.4. The van der Waals surface area contributed by atoms with Gasteiger partial charge in [0.05, 0.1) is 5.41 Å². The molecule has 4 heteroatoms. The first-order chi connectivity index (χ1) is 9.03. The fraction of sp³-hybridized carbons (Fsp3) is 0.600. The van der Waals surface area contributed by atoms with E-state index in [-0.39, 0.29) is 0 Å². The summed E-state index contributed by atoms with van der Waals surface area (Å²) in [5.41, 5.74) is 1.50. The van der Waals surface area contributed by atoms with E-state index in [1.54, 1.807) is 6.07 Å². The van der Waals surface area contributed by atoms with Crippen molar-refractivity contribution < 1.29 is 9.90 Å².